The minimum absolute atomic E-state index is 0.0686. The van der Waals surface area contributed by atoms with E-state index >= 15 is 0 Å². The largest absolute Gasteiger partial charge is 0.381 e. The average molecular weight is 490 g/mol. The summed E-state index contributed by atoms with van der Waals surface area (Å²) in [6.07, 6.45) is 5.13. The van der Waals surface area contributed by atoms with Crippen LogP contribution in [0.3, 0.4) is 0 Å². The molecule has 1 saturated carbocycles. The van der Waals surface area contributed by atoms with Crippen molar-refractivity contribution in [3.05, 3.63) is 69.6 Å². The molecule has 4 rings (SSSR count). The summed E-state index contributed by atoms with van der Waals surface area (Å²) >= 11 is 1.41. The Bertz CT molecular complexity index is 1200. The van der Waals surface area contributed by atoms with Crippen molar-refractivity contribution in [3.63, 3.8) is 0 Å². The molecular weight excluding hydrogens is 462 g/mol. The number of aryl methyl sites for hydroxylation is 1. The van der Waals surface area contributed by atoms with E-state index in [1.807, 2.05) is 11.4 Å². The zero-order valence-corrected chi connectivity index (χ0v) is 19.8. The van der Waals surface area contributed by atoms with Gasteiger partial charge in [0, 0.05) is 29.6 Å². The predicted molar refractivity (Wildman–Crippen MR) is 126 cm³/mol. The Morgan fingerprint density at radius 3 is 3.00 bits per heavy atom. The molecule has 1 fully saturated rings. The summed E-state index contributed by atoms with van der Waals surface area (Å²) in [6.45, 7) is 2.13. The minimum atomic E-state index is -3.94. The number of benzene rings is 1. The number of hydrogen-bond acceptors (Lipinski definition) is 9. The maximum Gasteiger partial charge on any atom is 0.333 e. The van der Waals surface area contributed by atoms with Gasteiger partial charge in [-0.3, -0.25) is 4.18 Å². The Hall–Kier alpha value is -2.44. The Morgan fingerprint density at radius 2 is 2.21 bits per heavy atom. The molecule has 0 radical (unpaired) electrons. The molecule has 11 heteroatoms. The molecule has 1 aliphatic rings. The first-order chi connectivity index (χ1) is 15.8. The average Bonchev–Trinajstić information content (AvgIpc) is 3.41. The number of nitrogens with zero attached hydrogens (tertiary/aromatic N) is 3. The van der Waals surface area contributed by atoms with Gasteiger partial charge >= 0.3 is 10.3 Å². The fourth-order valence-electron chi connectivity index (χ4n) is 4.10. The van der Waals surface area contributed by atoms with E-state index in [9.17, 15) is 13.5 Å². The van der Waals surface area contributed by atoms with Crippen LogP contribution in [0.25, 0.3) is 0 Å². The second-order valence-corrected chi connectivity index (χ2v) is 10.5. The zero-order chi connectivity index (χ0) is 23.4. The molecule has 0 saturated heterocycles. The van der Waals surface area contributed by atoms with Crippen molar-refractivity contribution in [2.24, 2.45) is 11.1 Å². The highest BCUT2D eigenvalue weighted by Gasteiger charge is 2.28. The Morgan fingerprint density at radius 1 is 1.36 bits per heavy atom. The fourth-order valence-corrected chi connectivity index (χ4v) is 5.30. The molecule has 1 aromatic carbocycles. The molecule has 0 aliphatic heterocycles. The molecule has 1 unspecified atom stereocenters. The van der Waals surface area contributed by atoms with Crippen LogP contribution in [0.2, 0.25) is 0 Å². The van der Waals surface area contributed by atoms with Crippen LogP contribution in [0, 0.1) is 12.8 Å². The Kier molecular flexibility index (Phi) is 7.35. The lowest BCUT2D eigenvalue weighted by Crippen LogP contribution is -2.22. The number of nitrogens with two attached hydrogens (primary N) is 1. The van der Waals surface area contributed by atoms with Crippen molar-refractivity contribution < 1.29 is 17.7 Å². The molecule has 0 spiro atoms. The summed E-state index contributed by atoms with van der Waals surface area (Å²) in [5.74, 6) is 0.630. The van der Waals surface area contributed by atoms with E-state index in [0.717, 1.165) is 18.5 Å². The second kappa shape index (κ2) is 10.2. The third-order valence-corrected chi connectivity index (χ3v) is 7.07. The highest BCUT2D eigenvalue weighted by molar-refractivity contribution is 7.84. The maximum atomic E-state index is 11.0. The number of aliphatic hydroxyl groups excluding tert-OH is 1. The first-order valence-corrected chi connectivity index (χ1v) is 13.0. The smallest absolute Gasteiger partial charge is 0.333 e. The normalized spacial score (nSPS) is 19.5. The van der Waals surface area contributed by atoms with Gasteiger partial charge in [0.15, 0.2) is 0 Å². The molecule has 2 aromatic heterocycles. The summed E-state index contributed by atoms with van der Waals surface area (Å²) in [4.78, 5) is 13.1. The van der Waals surface area contributed by atoms with Crippen LogP contribution in [0.4, 0.5) is 5.82 Å². The Labute approximate surface area is 197 Å². The summed E-state index contributed by atoms with van der Waals surface area (Å²) in [6, 6.07) is 8.36. The van der Waals surface area contributed by atoms with E-state index < -0.39 is 16.4 Å². The number of anilines is 1. The van der Waals surface area contributed by atoms with Gasteiger partial charge in [-0.1, -0.05) is 29.8 Å². The first kappa shape index (κ1) is 23.7. The number of thiazole rings is 1. The molecule has 176 valence electrons. The molecule has 2 heterocycles. The molecular formula is C22H27N5O4S2. The lowest BCUT2D eigenvalue weighted by atomic mass is 10.1. The van der Waals surface area contributed by atoms with Crippen molar-refractivity contribution in [2.45, 2.75) is 44.8 Å². The van der Waals surface area contributed by atoms with Gasteiger partial charge in [-0.15, -0.1) is 11.3 Å². The molecule has 33 heavy (non-hydrogen) atoms. The lowest BCUT2D eigenvalue weighted by Gasteiger charge is -2.18. The van der Waals surface area contributed by atoms with Gasteiger partial charge in [0.25, 0.3) is 0 Å². The molecule has 1 aliphatic carbocycles. The topological polar surface area (TPSA) is 140 Å². The van der Waals surface area contributed by atoms with Crippen molar-refractivity contribution in [3.8, 4) is 0 Å². The SMILES string of the molecule is Cc1cccc(Cc2csc(C(O)c3cncnc3N[C@H]3CC[C@@H](COS(N)(=O)=O)C3)n2)c1. The van der Waals surface area contributed by atoms with E-state index in [4.69, 9.17) is 9.32 Å². The number of hydrogen-bond donors (Lipinski definition) is 3. The van der Waals surface area contributed by atoms with Crippen LogP contribution >= 0.6 is 11.3 Å². The predicted octanol–water partition coefficient (Wildman–Crippen LogP) is 2.71. The lowest BCUT2D eigenvalue weighted by molar-refractivity contribution is 0.219. The van der Waals surface area contributed by atoms with Gasteiger partial charge in [0.2, 0.25) is 0 Å². The molecule has 4 N–H and O–H groups in total. The van der Waals surface area contributed by atoms with Gasteiger partial charge in [-0.05, 0) is 37.7 Å². The standard InChI is InChI=1S/C22H27N5O4S2/c1-14-3-2-4-15(7-14)8-18-12-32-22(27-18)20(28)19-10-24-13-25-21(19)26-17-6-5-16(9-17)11-31-33(23,29)30/h2-4,7,10,12-13,16-17,20,28H,5-6,8-9,11H2,1H3,(H2,23,29,30)(H,24,25,26)/t16-,17+,20?/m1/s1. The molecule has 0 amide bonds. The molecule has 3 atom stereocenters. The van der Waals surface area contributed by atoms with E-state index in [-0.39, 0.29) is 18.6 Å². The van der Waals surface area contributed by atoms with Gasteiger partial charge in [0.1, 0.15) is 23.3 Å². The van der Waals surface area contributed by atoms with Gasteiger partial charge in [0.05, 0.1) is 12.3 Å². The number of nitrogens with one attached hydrogen (secondary N) is 1. The highest BCUT2D eigenvalue weighted by atomic mass is 32.2. The van der Waals surface area contributed by atoms with Crippen molar-refractivity contribution in [1.82, 2.24) is 15.0 Å². The molecule has 3 aromatic rings. The third kappa shape index (κ3) is 6.55. The number of aliphatic hydroxyl groups is 1. The second-order valence-electron chi connectivity index (χ2n) is 8.37. The number of aromatic nitrogens is 3. The summed E-state index contributed by atoms with van der Waals surface area (Å²) < 4.78 is 26.8. The van der Waals surface area contributed by atoms with Crippen molar-refractivity contribution in [1.29, 1.82) is 0 Å². The monoisotopic (exact) mass is 489 g/mol. The van der Waals surface area contributed by atoms with Crippen molar-refractivity contribution >= 4 is 27.5 Å². The van der Waals surface area contributed by atoms with Crippen LogP contribution in [-0.2, 0) is 20.9 Å². The first-order valence-electron chi connectivity index (χ1n) is 10.7. The molecule has 9 nitrogen and oxygen atoms in total. The third-order valence-electron chi connectivity index (χ3n) is 5.66. The van der Waals surface area contributed by atoms with E-state index in [2.05, 4.69) is 45.4 Å². The fraction of sp³-hybridized carbons (Fsp3) is 0.409. The Balaban J connectivity index is 1.42. The minimum Gasteiger partial charge on any atom is -0.381 e. The van der Waals surface area contributed by atoms with Crippen LogP contribution in [0.15, 0.2) is 42.2 Å². The van der Waals surface area contributed by atoms with Crippen LogP contribution < -0.4 is 10.5 Å². The van der Waals surface area contributed by atoms with Gasteiger partial charge in [-0.25, -0.2) is 20.1 Å². The quantitative estimate of drug-likeness (QED) is 0.417. The van der Waals surface area contributed by atoms with Crippen LogP contribution in [0.5, 0.6) is 0 Å². The van der Waals surface area contributed by atoms with E-state index in [1.165, 1.54) is 28.8 Å². The van der Waals surface area contributed by atoms with Crippen LogP contribution in [-0.4, -0.2) is 41.1 Å². The summed E-state index contributed by atoms with van der Waals surface area (Å²) in [7, 11) is -3.94. The van der Waals surface area contributed by atoms with Gasteiger partial charge in [-0.2, -0.15) is 8.42 Å². The molecule has 0 bridgehead atoms. The van der Waals surface area contributed by atoms with Gasteiger partial charge < -0.3 is 10.4 Å². The maximum absolute atomic E-state index is 11.0. The van der Waals surface area contributed by atoms with E-state index in [0.29, 0.717) is 29.2 Å². The zero-order valence-electron chi connectivity index (χ0n) is 18.2. The summed E-state index contributed by atoms with van der Waals surface area (Å²) in [5, 5.41) is 21.9. The number of rotatable bonds is 9. The summed E-state index contributed by atoms with van der Waals surface area (Å²) in [5.41, 5.74) is 3.83. The van der Waals surface area contributed by atoms with E-state index in [1.54, 1.807) is 6.20 Å². The highest BCUT2D eigenvalue weighted by Crippen LogP contribution is 2.32. The van der Waals surface area contributed by atoms with Crippen molar-refractivity contribution in [2.75, 3.05) is 11.9 Å². The van der Waals surface area contributed by atoms with Crippen LogP contribution in [0.1, 0.15) is 52.8 Å².